The van der Waals surface area contributed by atoms with Gasteiger partial charge in [-0.15, -0.1) is 0 Å². The molecule has 2 heterocycles. The first-order valence-corrected chi connectivity index (χ1v) is 9.35. The highest BCUT2D eigenvalue weighted by Crippen LogP contribution is 2.38. The smallest absolute Gasteiger partial charge is 0.241 e. The van der Waals surface area contributed by atoms with Crippen LogP contribution >= 0.6 is 0 Å². The van der Waals surface area contributed by atoms with E-state index in [2.05, 4.69) is 14.9 Å². The Morgan fingerprint density at radius 2 is 2.08 bits per heavy atom. The average molecular weight is 347 g/mol. The van der Waals surface area contributed by atoms with Crippen molar-refractivity contribution in [2.45, 2.75) is 31.7 Å². The van der Waals surface area contributed by atoms with Crippen LogP contribution in [0.2, 0.25) is 0 Å². The van der Waals surface area contributed by atoms with Crippen molar-refractivity contribution in [1.29, 1.82) is 0 Å². The second kappa shape index (κ2) is 6.03. The lowest BCUT2D eigenvalue weighted by molar-refractivity contribution is 0.325. The normalized spacial score (nSPS) is 17.6. The minimum Gasteiger partial charge on any atom is -0.493 e. The molecule has 8 heteroatoms. The van der Waals surface area contributed by atoms with Crippen LogP contribution in [0.1, 0.15) is 42.5 Å². The largest absolute Gasteiger partial charge is 0.493 e. The van der Waals surface area contributed by atoms with Crippen molar-refractivity contribution >= 4 is 16.1 Å². The Bertz CT molecular complexity index is 884. The quantitative estimate of drug-likeness (QED) is 0.891. The third-order valence-electron chi connectivity index (χ3n) is 4.03. The number of fused-ring (bicyclic) bond motifs is 1. The van der Waals surface area contributed by atoms with Crippen LogP contribution in [0.15, 0.2) is 33.7 Å². The zero-order valence-electron chi connectivity index (χ0n) is 12.9. The third-order valence-corrected chi connectivity index (χ3v) is 5.56. The van der Waals surface area contributed by atoms with E-state index < -0.39 is 10.0 Å². The molecule has 1 saturated carbocycles. The topological polar surface area (TPSA) is 94.3 Å². The molecular formula is C16H17N3O4S. The molecule has 126 valence electrons. The SMILES string of the molecule is O=S(=O)(NCc1nc(C2CC2)no1)C1=Cc2ccccc2OCC1. The van der Waals surface area contributed by atoms with Crippen LogP contribution in [-0.4, -0.2) is 25.2 Å². The molecule has 1 aliphatic carbocycles. The molecule has 1 aromatic heterocycles. The molecule has 0 bridgehead atoms. The fraction of sp³-hybridized carbons (Fsp3) is 0.375. The first-order chi connectivity index (χ1) is 11.6. The first-order valence-electron chi connectivity index (χ1n) is 7.86. The van der Waals surface area contributed by atoms with Gasteiger partial charge in [0.15, 0.2) is 5.82 Å². The number of para-hydroxylation sites is 1. The lowest BCUT2D eigenvalue weighted by atomic mass is 10.2. The molecule has 1 aromatic carbocycles. The van der Waals surface area contributed by atoms with E-state index in [1.54, 1.807) is 6.08 Å². The number of nitrogens with one attached hydrogen (secondary N) is 1. The maximum atomic E-state index is 12.5. The van der Waals surface area contributed by atoms with Gasteiger partial charge in [0, 0.05) is 17.9 Å². The lowest BCUT2D eigenvalue weighted by Crippen LogP contribution is -2.25. The van der Waals surface area contributed by atoms with Gasteiger partial charge in [0.25, 0.3) is 0 Å². The summed E-state index contributed by atoms with van der Waals surface area (Å²) in [5.41, 5.74) is 0.754. The van der Waals surface area contributed by atoms with E-state index in [-0.39, 0.29) is 17.3 Å². The molecule has 0 spiro atoms. The lowest BCUT2D eigenvalue weighted by Gasteiger charge is -2.07. The number of rotatable bonds is 5. The van der Waals surface area contributed by atoms with Crippen LogP contribution in [-0.2, 0) is 16.6 Å². The van der Waals surface area contributed by atoms with Crippen LogP contribution in [0, 0.1) is 0 Å². The summed E-state index contributed by atoms with van der Waals surface area (Å²) < 4.78 is 38.3. The predicted octanol–water partition coefficient (Wildman–Crippen LogP) is 2.19. The second-order valence-corrected chi connectivity index (χ2v) is 7.71. The number of nitrogens with zero attached hydrogens (tertiary/aromatic N) is 2. The zero-order chi connectivity index (χ0) is 16.6. The van der Waals surface area contributed by atoms with E-state index in [0.717, 1.165) is 18.4 Å². The van der Waals surface area contributed by atoms with E-state index >= 15 is 0 Å². The van der Waals surface area contributed by atoms with E-state index in [4.69, 9.17) is 9.26 Å². The van der Waals surface area contributed by atoms with Gasteiger partial charge in [-0.05, 0) is 25.0 Å². The van der Waals surface area contributed by atoms with Crippen LogP contribution < -0.4 is 9.46 Å². The van der Waals surface area contributed by atoms with Gasteiger partial charge >= 0.3 is 0 Å². The summed E-state index contributed by atoms with van der Waals surface area (Å²) in [5.74, 6) is 2.01. The van der Waals surface area contributed by atoms with Crippen molar-refractivity contribution in [2.75, 3.05) is 6.61 Å². The van der Waals surface area contributed by atoms with Gasteiger partial charge in [0.2, 0.25) is 15.9 Å². The van der Waals surface area contributed by atoms with Gasteiger partial charge in [-0.3, -0.25) is 0 Å². The third kappa shape index (κ3) is 3.20. The van der Waals surface area contributed by atoms with Gasteiger partial charge in [0.05, 0.1) is 18.1 Å². The van der Waals surface area contributed by atoms with Gasteiger partial charge in [0.1, 0.15) is 5.75 Å². The Kier molecular flexibility index (Phi) is 3.85. The summed E-state index contributed by atoms with van der Waals surface area (Å²) in [5, 5.41) is 3.88. The van der Waals surface area contributed by atoms with Gasteiger partial charge in [-0.2, -0.15) is 4.98 Å². The Morgan fingerprint density at radius 3 is 2.92 bits per heavy atom. The van der Waals surface area contributed by atoms with Gasteiger partial charge in [-0.1, -0.05) is 23.4 Å². The van der Waals surface area contributed by atoms with E-state index in [1.165, 1.54) is 0 Å². The Balaban J connectivity index is 1.50. The fourth-order valence-electron chi connectivity index (χ4n) is 2.55. The standard InChI is InChI=1S/C16H17N3O4S/c20-24(21,17-10-15-18-16(19-23-15)11-5-6-11)13-7-8-22-14-4-2-1-3-12(14)9-13/h1-4,9,11,17H,5-8,10H2. The number of sulfonamides is 1. The number of ether oxygens (including phenoxy) is 1. The number of hydrogen-bond donors (Lipinski definition) is 1. The van der Waals surface area contributed by atoms with Crippen LogP contribution in [0.5, 0.6) is 5.75 Å². The van der Waals surface area contributed by atoms with Crippen molar-refractivity contribution in [2.24, 2.45) is 0 Å². The minimum atomic E-state index is -3.64. The van der Waals surface area contributed by atoms with Crippen LogP contribution in [0.25, 0.3) is 6.08 Å². The second-order valence-electron chi connectivity index (χ2n) is 5.89. The van der Waals surface area contributed by atoms with Crippen LogP contribution in [0.3, 0.4) is 0 Å². The summed E-state index contributed by atoms with van der Waals surface area (Å²) in [7, 11) is -3.64. The average Bonchev–Trinajstić information content (AvgIpc) is 3.35. The van der Waals surface area contributed by atoms with Crippen molar-refractivity contribution in [3.63, 3.8) is 0 Å². The molecule has 0 saturated heterocycles. The summed E-state index contributed by atoms with van der Waals surface area (Å²) in [6, 6.07) is 7.36. The molecule has 24 heavy (non-hydrogen) atoms. The molecule has 0 amide bonds. The molecule has 2 aliphatic rings. The molecule has 1 aliphatic heterocycles. The number of benzene rings is 1. The molecule has 1 fully saturated rings. The molecule has 2 aromatic rings. The zero-order valence-corrected chi connectivity index (χ0v) is 13.8. The maximum absolute atomic E-state index is 12.5. The summed E-state index contributed by atoms with van der Waals surface area (Å²) in [6.07, 6.45) is 4.09. The molecular weight excluding hydrogens is 330 g/mol. The summed E-state index contributed by atoms with van der Waals surface area (Å²) in [4.78, 5) is 4.51. The van der Waals surface area contributed by atoms with Crippen molar-refractivity contribution < 1.29 is 17.7 Å². The monoisotopic (exact) mass is 347 g/mol. The molecule has 4 rings (SSSR count). The van der Waals surface area contributed by atoms with Crippen molar-refractivity contribution in [3.05, 3.63) is 46.4 Å². The number of hydrogen-bond acceptors (Lipinski definition) is 6. The first kappa shape index (κ1) is 15.3. The Hall–Kier alpha value is -2.19. The minimum absolute atomic E-state index is 0.0120. The van der Waals surface area contributed by atoms with Gasteiger partial charge < -0.3 is 9.26 Å². The maximum Gasteiger partial charge on any atom is 0.241 e. The molecule has 1 N–H and O–H groups in total. The molecule has 0 unspecified atom stereocenters. The molecule has 0 radical (unpaired) electrons. The van der Waals surface area contributed by atoms with Crippen LogP contribution in [0.4, 0.5) is 0 Å². The van der Waals surface area contributed by atoms with E-state index in [0.29, 0.717) is 30.5 Å². The molecule has 0 atom stereocenters. The highest BCUT2D eigenvalue weighted by Gasteiger charge is 2.29. The summed E-state index contributed by atoms with van der Waals surface area (Å²) in [6.45, 7) is 0.304. The summed E-state index contributed by atoms with van der Waals surface area (Å²) >= 11 is 0. The van der Waals surface area contributed by atoms with Gasteiger partial charge in [-0.25, -0.2) is 13.1 Å². The fourth-order valence-corrected chi connectivity index (χ4v) is 3.68. The predicted molar refractivity (Wildman–Crippen MR) is 86.6 cm³/mol. The number of aromatic nitrogens is 2. The molecule has 7 nitrogen and oxygen atoms in total. The highest BCUT2D eigenvalue weighted by atomic mass is 32.2. The van der Waals surface area contributed by atoms with Crippen molar-refractivity contribution in [3.8, 4) is 5.75 Å². The van der Waals surface area contributed by atoms with E-state index in [1.807, 2.05) is 24.3 Å². The van der Waals surface area contributed by atoms with Crippen molar-refractivity contribution in [1.82, 2.24) is 14.9 Å². The van der Waals surface area contributed by atoms with E-state index in [9.17, 15) is 8.42 Å². The Labute approximate surface area is 139 Å². The Morgan fingerprint density at radius 1 is 1.25 bits per heavy atom. The highest BCUT2D eigenvalue weighted by molar-refractivity contribution is 7.93.